The third-order valence-corrected chi connectivity index (χ3v) is 5.15. The minimum atomic E-state index is -3.72. The summed E-state index contributed by atoms with van der Waals surface area (Å²) in [5.74, 6) is -2.04. The number of esters is 1. The number of benzene rings is 2. The maximum atomic E-state index is 12.2. The van der Waals surface area contributed by atoms with E-state index in [2.05, 4.69) is 10.0 Å². The highest BCUT2D eigenvalue weighted by molar-refractivity contribution is 7.89. The largest absolute Gasteiger partial charge is 0.449 e. The Labute approximate surface area is 161 Å². The predicted molar refractivity (Wildman–Crippen MR) is 101 cm³/mol. The van der Waals surface area contributed by atoms with Gasteiger partial charge in [0.15, 0.2) is 6.10 Å². The zero-order valence-electron chi connectivity index (χ0n) is 15.1. The van der Waals surface area contributed by atoms with Gasteiger partial charge in [0.25, 0.3) is 5.91 Å². The number of hydrogen-bond acceptors (Lipinski definition) is 6. The summed E-state index contributed by atoms with van der Waals surface area (Å²) in [6.45, 7) is 1.37. The molecule has 148 valence electrons. The first-order chi connectivity index (χ1) is 13.1. The van der Waals surface area contributed by atoms with Gasteiger partial charge >= 0.3 is 5.97 Å². The molecule has 0 aromatic heterocycles. The number of primary amides is 1. The Balaban J connectivity index is 2.04. The Morgan fingerprint density at radius 1 is 1.04 bits per heavy atom. The molecule has 1 atom stereocenters. The highest BCUT2D eigenvalue weighted by Gasteiger charge is 2.21. The summed E-state index contributed by atoms with van der Waals surface area (Å²) in [6.07, 6.45) is -1.15. The molecule has 0 fully saturated rings. The molecule has 2 amide bonds. The van der Waals surface area contributed by atoms with Crippen LogP contribution in [0, 0.1) is 0 Å². The lowest BCUT2D eigenvalue weighted by Gasteiger charge is -2.14. The summed E-state index contributed by atoms with van der Waals surface area (Å²) < 4.78 is 30.9. The minimum absolute atomic E-state index is 0.0122. The standard InChI is InChI=1S/C18H19N3O6S/c1-11(17(23)21-14-8-6-12(7-9-14)16(19)22)27-18(24)13-4-3-5-15(10-13)28(25,26)20-2/h3-11,20H,1-2H3,(H2,19,22)(H,21,23)/t11-/m0/s1. The Bertz CT molecular complexity index is 1000. The van der Waals surface area contributed by atoms with E-state index in [1.807, 2.05) is 0 Å². The van der Waals surface area contributed by atoms with Crippen molar-refractivity contribution in [3.05, 3.63) is 59.7 Å². The Morgan fingerprint density at radius 3 is 2.25 bits per heavy atom. The fourth-order valence-corrected chi connectivity index (χ4v) is 2.93. The molecule has 4 N–H and O–H groups in total. The van der Waals surface area contributed by atoms with Gasteiger partial charge in [0.05, 0.1) is 10.5 Å². The molecule has 10 heteroatoms. The van der Waals surface area contributed by atoms with Gasteiger partial charge in [-0.25, -0.2) is 17.9 Å². The number of nitrogens with one attached hydrogen (secondary N) is 2. The molecule has 2 aromatic rings. The van der Waals surface area contributed by atoms with E-state index >= 15 is 0 Å². The molecule has 0 radical (unpaired) electrons. The number of anilines is 1. The van der Waals surface area contributed by atoms with Crippen LogP contribution in [0.25, 0.3) is 0 Å². The first kappa shape index (κ1) is 21.1. The van der Waals surface area contributed by atoms with Crippen LogP contribution in [-0.4, -0.2) is 39.4 Å². The van der Waals surface area contributed by atoms with Crippen LogP contribution in [0.2, 0.25) is 0 Å². The molecule has 0 spiro atoms. The molecule has 28 heavy (non-hydrogen) atoms. The van der Waals surface area contributed by atoms with Crippen LogP contribution in [0.4, 0.5) is 5.69 Å². The number of hydrogen-bond donors (Lipinski definition) is 3. The van der Waals surface area contributed by atoms with Crippen molar-refractivity contribution < 1.29 is 27.5 Å². The Morgan fingerprint density at radius 2 is 1.68 bits per heavy atom. The molecule has 0 aliphatic heterocycles. The molecule has 0 aliphatic rings. The summed E-state index contributed by atoms with van der Waals surface area (Å²) >= 11 is 0. The van der Waals surface area contributed by atoms with E-state index in [4.69, 9.17) is 10.5 Å². The SMILES string of the molecule is CNS(=O)(=O)c1cccc(C(=O)O[C@@H](C)C(=O)Nc2ccc(C(N)=O)cc2)c1. The van der Waals surface area contributed by atoms with Crippen LogP contribution < -0.4 is 15.8 Å². The number of ether oxygens (including phenoxy) is 1. The van der Waals surface area contributed by atoms with E-state index in [0.29, 0.717) is 5.69 Å². The van der Waals surface area contributed by atoms with Crippen molar-refractivity contribution in [1.82, 2.24) is 4.72 Å². The summed E-state index contributed by atoms with van der Waals surface area (Å²) in [4.78, 5) is 35.4. The Kier molecular flexibility index (Phi) is 6.49. The molecular weight excluding hydrogens is 386 g/mol. The summed E-state index contributed by atoms with van der Waals surface area (Å²) in [5, 5.41) is 2.54. The lowest BCUT2D eigenvalue weighted by atomic mass is 10.2. The topological polar surface area (TPSA) is 145 Å². The number of rotatable bonds is 7. The number of nitrogens with two attached hydrogens (primary N) is 1. The normalized spacial score (nSPS) is 12.1. The lowest BCUT2D eigenvalue weighted by molar-refractivity contribution is -0.123. The molecule has 2 aromatic carbocycles. The van der Waals surface area contributed by atoms with E-state index < -0.39 is 33.9 Å². The van der Waals surface area contributed by atoms with Crippen molar-refractivity contribution in [3.63, 3.8) is 0 Å². The number of sulfonamides is 1. The molecule has 0 unspecified atom stereocenters. The molecule has 0 heterocycles. The van der Waals surface area contributed by atoms with E-state index in [0.717, 1.165) is 6.07 Å². The van der Waals surface area contributed by atoms with E-state index in [1.54, 1.807) is 0 Å². The predicted octanol–water partition coefficient (Wildman–Crippen LogP) is 0.878. The fourth-order valence-electron chi connectivity index (χ4n) is 2.15. The van der Waals surface area contributed by atoms with Gasteiger partial charge in [0.2, 0.25) is 15.9 Å². The lowest BCUT2D eigenvalue weighted by Crippen LogP contribution is -2.30. The van der Waals surface area contributed by atoms with Crippen LogP contribution in [0.1, 0.15) is 27.6 Å². The maximum Gasteiger partial charge on any atom is 0.338 e. The first-order valence-corrected chi connectivity index (χ1v) is 9.57. The van der Waals surface area contributed by atoms with Gasteiger partial charge in [-0.2, -0.15) is 0 Å². The number of carbonyl (C=O) groups is 3. The maximum absolute atomic E-state index is 12.2. The molecule has 0 saturated heterocycles. The monoisotopic (exact) mass is 405 g/mol. The van der Waals surface area contributed by atoms with Gasteiger partial charge in [-0.1, -0.05) is 6.07 Å². The zero-order valence-corrected chi connectivity index (χ0v) is 15.9. The van der Waals surface area contributed by atoms with Gasteiger partial charge in [0, 0.05) is 11.3 Å². The third kappa shape index (κ3) is 5.15. The number of carbonyl (C=O) groups excluding carboxylic acids is 3. The highest BCUT2D eigenvalue weighted by Crippen LogP contribution is 2.14. The second-order valence-corrected chi connectivity index (χ2v) is 7.60. The van der Waals surface area contributed by atoms with Gasteiger partial charge < -0.3 is 15.8 Å². The van der Waals surface area contributed by atoms with Crippen molar-refractivity contribution in [1.29, 1.82) is 0 Å². The quantitative estimate of drug-likeness (QED) is 0.583. The fraction of sp³-hybridized carbons (Fsp3) is 0.167. The van der Waals surface area contributed by atoms with Gasteiger partial charge in [-0.05, 0) is 56.4 Å². The van der Waals surface area contributed by atoms with Crippen LogP contribution >= 0.6 is 0 Å². The van der Waals surface area contributed by atoms with Gasteiger partial charge in [-0.3, -0.25) is 9.59 Å². The highest BCUT2D eigenvalue weighted by atomic mass is 32.2. The van der Waals surface area contributed by atoms with Gasteiger partial charge in [0.1, 0.15) is 0 Å². The van der Waals surface area contributed by atoms with Crippen molar-refractivity contribution in [3.8, 4) is 0 Å². The van der Waals surface area contributed by atoms with Crippen molar-refractivity contribution in [2.45, 2.75) is 17.9 Å². The second kappa shape index (κ2) is 8.63. The molecular formula is C18H19N3O6S. The summed E-state index contributed by atoms with van der Waals surface area (Å²) in [6, 6.07) is 11.1. The first-order valence-electron chi connectivity index (χ1n) is 8.09. The summed E-state index contributed by atoms with van der Waals surface area (Å²) in [5.41, 5.74) is 5.81. The van der Waals surface area contributed by atoms with E-state index in [1.165, 1.54) is 56.4 Å². The van der Waals surface area contributed by atoms with Crippen LogP contribution in [0.5, 0.6) is 0 Å². The molecule has 2 rings (SSSR count). The molecule has 0 bridgehead atoms. The zero-order chi connectivity index (χ0) is 20.9. The third-order valence-electron chi connectivity index (χ3n) is 3.74. The van der Waals surface area contributed by atoms with Crippen LogP contribution in [0.3, 0.4) is 0 Å². The summed E-state index contributed by atoms with van der Waals surface area (Å²) in [7, 11) is -2.47. The molecule has 0 saturated carbocycles. The van der Waals surface area contributed by atoms with Crippen molar-refractivity contribution in [2.75, 3.05) is 12.4 Å². The molecule has 9 nitrogen and oxygen atoms in total. The smallest absolute Gasteiger partial charge is 0.338 e. The van der Waals surface area contributed by atoms with E-state index in [9.17, 15) is 22.8 Å². The van der Waals surface area contributed by atoms with E-state index in [-0.39, 0.29) is 16.0 Å². The van der Waals surface area contributed by atoms with Crippen molar-refractivity contribution >= 4 is 33.5 Å². The average molecular weight is 405 g/mol. The number of amides is 2. The minimum Gasteiger partial charge on any atom is -0.449 e. The van der Waals surface area contributed by atoms with Crippen LogP contribution in [0.15, 0.2) is 53.4 Å². The molecule has 0 aliphatic carbocycles. The van der Waals surface area contributed by atoms with Crippen molar-refractivity contribution in [2.24, 2.45) is 5.73 Å². The van der Waals surface area contributed by atoms with Crippen LogP contribution in [-0.2, 0) is 19.6 Å². The Hall–Kier alpha value is -3.24. The van der Waals surface area contributed by atoms with Gasteiger partial charge in [-0.15, -0.1) is 0 Å². The average Bonchev–Trinajstić information content (AvgIpc) is 2.68. The second-order valence-electron chi connectivity index (χ2n) is 5.71.